The minimum absolute atomic E-state index is 0.0823. The molecule has 0 atom stereocenters. The summed E-state index contributed by atoms with van der Waals surface area (Å²) in [5, 5.41) is 32.7. The molecule has 0 aromatic heterocycles. The SMILES string of the molecule is CC1=C(C(=O)O)C(C)(c2c(Cl)cccc2[N+](=O)[O-])C(C(=O)O)=C(C)N1CC(C)(C)CN(C)Cc1ccccc1. The lowest BCUT2D eigenvalue weighted by Crippen LogP contribution is -2.47. The zero-order valence-corrected chi connectivity index (χ0v) is 23.7. The third kappa shape index (κ3) is 5.84. The molecule has 0 saturated heterocycles. The van der Waals surface area contributed by atoms with E-state index < -0.39 is 33.4 Å². The van der Waals surface area contributed by atoms with Crippen molar-refractivity contribution in [1.82, 2.24) is 9.80 Å². The number of benzene rings is 2. The average molecular weight is 556 g/mol. The lowest BCUT2D eigenvalue weighted by atomic mass is 9.66. The van der Waals surface area contributed by atoms with Crippen molar-refractivity contribution >= 4 is 29.2 Å². The first-order chi connectivity index (χ1) is 18.1. The summed E-state index contributed by atoms with van der Waals surface area (Å²) >= 11 is 6.44. The van der Waals surface area contributed by atoms with Crippen LogP contribution in [0.2, 0.25) is 5.02 Å². The van der Waals surface area contributed by atoms with E-state index in [1.807, 2.05) is 51.2 Å². The number of carbonyl (C=O) groups is 2. The molecule has 39 heavy (non-hydrogen) atoms. The number of hydrogen-bond donors (Lipinski definition) is 2. The number of nitrogens with zero attached hydrogens (tertiary/aromatic N) is 3. The van der Waals surface area contributed by atoms with Gasteiger partial charge in [0.1, 0.15) is 0 Å². The Morgan fingerprint density at radius 1 is 1.03 bits per heavy atom. The largest absolute Gasteiger partial charge is 0.478 e. The van der Waals surface area contributed by atoms with Crippen molar-refractivity contribution in [1.29, 1.82) is 0 Å². The van der Waals surface area contributed by atoms with Gasteiger partial charge in [0.2, 0.25) is 0 Å². The molecule has 10 heteroatoms. The van der Waals surface area contributed by atoms with Gasteiger partial charge in [0.05, 0.1) is 32.1 Å². The van der Waals surface area contributed by atoms with Crippen molar-refractivity contribution in [2.45, 2.75) is 46.6 Å². The van der Waals surface area contributed by atoms with Crippen LogP contribution in [-0.4, -0.2) is 57.0 Å². The monoisotopic (exact) mass is 555 g/mol. The topological polar surface area (TPSA) is 124 Å². The van der Waals surface area contributed by atoms with Gasteiger partial charge < -0.3 is 20.0 Å². The van der Waals surface area contributed by atoms with Crippen molar-refractivity contribution in [2.75, 3.05) is 20.1 Å². The van der Waals surface area contributed by atoms with Crippen LogP contribution in [-0.2, 0) is 21.5 Å². The molecule has 0 radical (unpaired) electrons. The predicted molar refractivity (Wildman–Crippen MR) is 149 cm³/mol. The summed E-state index contributed by atoms with van der Waals surface area (Å²) in [5.41, 5.74) is -1.67. The summed E-state index contributed by atoms with van der Waals surface area (Å²) in [4.78, 5) is 40.7. The molecular formula is C29H34ClN3O6. The number of halogens is 1. The quantitative estimate of drug-likeness (QED) is 0.283. The highest BCUT2D eigenvalue weighted by Gasteiger charge is 2.52. The fourth-order valence-corrected chi connectivity index (χ4v) is 6.27. The summed E-state index contributed by atoms with van der Waals surface area (Å²) in [5.74, 6) is -2.75. The molecule has 3 rings (SSSR count). The summed E-state index contributed by atoms with van der Waals surface area (Å²) in [6, 6.07) is 14.0. The number of nitro benzene ring substituents is 1. The van der Waals surface area contributed by atoms with Crippen molar-refractivity contribution in [3.8, 4) is 0 Å². The van der Waals surface area contributed by atoms with Crippen LogP contribution in [0.3, 0.4) is 0 Å². The van der Waals surface area contributed by atoms with Gasteiger partial charge in [-0.1, -0.05) is 61.8 Å². The molecule has 2 N–H and O–H groups in total. The van der Waals surface area contributed by atoms with Crippen molar-refractivity contribution in [3.05, 3.63) is 97.3 Å². The summed E-state index contributed by atoms with van der Waals surface area (Å²) < 4.78 is 0. The maximum Gasteiger partial charge on any atom is 0.334 e. The van der Waals surface area contributed by atoms with Crippen molar-refractivity contribution in [3.63, 3.8) is 0 Å². The van der Waals surface area contributed by atoms with E-state index >= 15 is 0 Å². The first kappa shape index (κ1) is 29.9. The van der Waals surface area contributed by atoms with E-state index in [0.717, 1.165) is 5.56 Å². The lowest BCUT2D eigenvalue weighted by Gasteiger charge is -2.45. The van der Waals surface area contributed by atoms with Gasteiger partial charge in [0.15, 0.2) is 0 Å². The second-order valence-corrected chi connectivity index (χ2v) is 11.4. The lowest BCUT2D eigenvalue weighted by molar-refractivity contribution is -0.385. The van der Waals surface area contributed by atoms with Gasteiger partial charge in [0, 0.05) is 37.1 Å². The minimum Gasteiger partial charge on any atom is -0.478 e. The van der Waals surface area contributed by atoms with Crippen LogP contribution in [0.25, 0.3) is 0 Å². The summed E-state index contributed by atoms with van der Waals surface area (Å²) in [7, 11) is 2.00. The maximum absolute atomic E-state index is 12.8. The average Bonchev–Trinajstić information content (AvgIpc) is 2.81. The molecule has 0 saturated carbocycles. The highest BCUT2D eigenvalue weighted by molar-refractivity contribution is 6.32. The molecule has 0 aliphatic carbocycles. The molecule has 1 heterocycles. The predicted octanol–water partition coefficient (Wildman–Crippen LogP) is 5.70. The number of allylic oxidation sites excluding steroid dienone is 2. The first-order valence-electron chi connectivity index (χ1n) is 12.4. The molecule has 0 amide bonds. The van der Waals surface area contributed by atoms with Crippen LogP contribution in [0.5, 0.6) is 0 Å². The number of hydrogen-bond acceptors (Lipinski definition) is 6. The fourth-order valence-electron chi connectivity index (χ4n) is 5.91. The molecule has 2 aromatic rings. The second-order valence-electron chi connectivity index (χ2n) is 11.0. The highest BCUT2D eigenvalue weighted by atomic mass is 35.5. The van der Waals surface area contributed by atoms with Crippen molar-refractivity contribution < 1.29 is 24.7 Å². The Labute approximate surface area is 233 Å². The zero-order chi connectivity index (χ0) is 29.3. The van der Waals surface area contributed by atoms with Crippen LogP contribution in [0, 0.1) is 15.5 Å². The van der Waals surface area contributed by atoms with Crippen LogP contribution < -0.4 is 0 Å². The van der Waals surface area contributed by atoms with E-state index in [1.165, 1.54) is 25.1 Å². The van der Waals surface area contributed by atoms with Gasteiger partial charge in [-0.3, -0.25) is 10.1 Å². The number of rotatable bonds is 10. The third-order valence-corrected chi connectivity index (χ3v) is 7.54. The summed E-state index contributed by atoms with van der Waals surface area (Å²) in [6.07, 6.45) is 0. The van der Waals surface area contributed by atoms with E-state index in [9.17, 15) is 29.9 Å². The van der Waals surface area contributed by atoms with Crippen LogP contribution in [0.1, 0.15) is 45.7 Å². The number of carboxylic acid groups (broad SMARTS) is 2. The number of carboxylic acids is 2. The second kappa shape index (κ2) is 11.2. The van der Waals surface area contributed by atoms with Crippen LogP contribution >= 0.6 is 11.6 Å². The molecule has 0 spiro atoms. The minimum atomic E-state index is -1.89. The molecule has 0 bridgehead atoms. The Morgan fingerprint density at radius 2 is 1.56 bits per heavy atom. The normalized spacial score (nSPS) is 15.6. The standard InChI is InChI=1S/C29H34ClN3O6/c1-18-23(26(34)35)29(5,25-21(30)13-10-14-22(25)33(38)39)24(27(36)37)19(2)32(18)17-28(3,4)16-31(6)15-20-11-8-7-9-12-20/h7-14H,15-17H2,1-6H3,(H,34,35)(H,36,37). The molecule has 0 fully saturated rings. The Kier molecular flexibility index (Phi) is 8.57. The Bertz CT molecular complexity index is 1330. The Balaban J connectivity index is 2.13. The highest BCUT2D eigenvalue weighted by Crippen LogP contribution is 2.52. The van der Waals surface area contributed by atoms with Crippen LogP contribution in [0.15, 0.2) is 71.1 Å². The molecular weight excluding hydrogens is 522 g/mol. The zero-order valence-electron chi connectivity index (χ0n) is 23.0. The van der Waals surface area contributed by atoms with E-state index in [1.54, 1.807) is 18.7 Å². The van der Waals surface area contributed by atoms with Gasteiger partial charge in [-0.2, -0.15) is 0 Å². The van der Waals surface area contributed by atoms with Gasteiger partial charge in [-0.25, -0.2) is 9.59 Å². The third-order valence-electron chi connectivity index (χ3n) is 7.23. The molecule has 1 aliphatic heterocycles. The first-order valence-corrected chi connectivity index (χ1v) is 12.8. The fraction of sp³-hybridized carbons (Fsp3) is 0.379. The molecule has 0 unspecified atom stereocenters. The van der Waals surface area contributed by atoms with Gasteiger partial charge in [0.25, 0.3) is 5.69 Å². The van der Waals surface area contributed by atoms with Crippen LogP contribution in [0.4, 0.5) is 5.69 Å². The van der Waals surface area contributed by atoms with Gasteiger partial charge in [-0.05, 0) is 44.9 Å². The van der Waals surface area contributed by atoms with Gasteiger partial charge in [-0.15, -0.1) is 0 Å². The summed E-state index contributed by atoms with van der Waals surface area (Å²) in [6.45, 7) is 10.3. The van der Waals surface area contributed by atoms with E-state index in [4.69, 9.17) is 11.6 Å². The van der Waals surface area contributed by atoms with E-state index in [2.05, 4.69) is 4.90 Å². The molecule has 2 aromatic carbocycles. The van der Waals surface area contributed by atoms with E-state index in [0.29, 0.717) is 31.0 Å². The maximum atomic E-state index is 12.8. The molecule has 208 valence electrons. The Hall–Kier alpha value is -3.69. The van der Waals surface area contributed by atoms with E-state index in [-0.39, 0.29) is 21.7 Å². The Morgan fingerprint density at radius 3 is 2.05 bits per heavy atom. The van der Waals surface area contributed by atoms with Gasteiger partial charge >= 0.3 is 11.9 Å². The molecule has 9 nitrogen and oxygen atoms in total. The smallest absolute Gasteiger partial charge is 0.334 e. The van der Waals surface area contributed by atoms with Crippen molar-refractivity contribution in [2.24, 2.45) is 5.41 Å². The molecule has 1 aliphatic rings. The number of aliphatic carboxylic acids is 2. The number of nitro groups is 1.